The third kappa shape index (κ3) is 5.61. The summed E-state index contributed by atoms with van der Waals surface area (Å²) in [6, 6.07) is 5.70. The van der Waals surface area contributed by atoms with Gasteiger partial charge in [0.1, 0.15) is 0 Å². The van der Waals surface area contributed by atoms with Gasteiger partial charge in [-0.3, -0.25) is 4.79 Å². The van der Waals surface area contributed by atoms with Crippen molar-refractivity contribution in [2.75, 3.05) is 19.7 Å². The quantitative estimate of drug-likeness (QED) is 0.846. The smallest absolute Gasteiger partial charge is 0.253 e. The zero-order chi connectivity index (χ0) is 15.8. The molecule has 3 heteroatoms. The molecular formula is C18H25NO2. The Morgan fingerprint density at radius 2 is 2.05 bits per heavy atom. The highest BCUT2D eigenvalue weighted by molar-refractivity contribution is 5.94. The minimum atomic E-state index is 0.0557. The molecule has 0 radical (unpaired) electrons. The van der Waals surface area contributed by atoms with Gasteiger partial charge >= 0.3 is 0 Å². The van der Waals surface area contributed by atoms with Crippen LogP contribution in [-0.2, 0) is 0 Å². The van der Waals surface area contributed by atoms with Crippen LogP contribution in [0.4, 0.5) is 0 Å². The van der Waals surface area contributed by atoms with E-state index in [-0.39, 0.29) is 12.5 Å². The van der Waals surface area contributed by atoms with E-state index in [4.69, 9.17) is 5.11 Å². The number of aliphatic hydroxyl groups excluding tert-OH is 1. The Kier molecular flexibility index (Phi) is 6.98. The van der Waals surface area contributed by atoms with Crippen LogP contribution < -0.4 is 0 Å². The molecule has 0 heterocycles. The van der Waals surface area contributed by atoms with Crippen LogP contribution in [0.1, 0.15) is 48.7 Å². The van der Waals surface area contributed by atoms with Crippen molar-refractivity contribution in [3.8, 4) is 11.8 Å². The lowest BCUT2D eigenvalue weighted by molar-refractivity contribution is 0.0745. The molecule has 3 nitrogen and oxygen atoms in total. The minimum absolute atomic E-state index is 0.0557. The molecule has 0 spiro atoms. The van der Waals surface area contributed by atoms with E-state index in [2.05, 4.69) is 25.7 Å². The van der Waals surface area contributed by atoms with Crippen molar-refractivity contribution >= 4 is 5.91 Å². The highest BCUT2D eigenvalue weighted by Gasteiger charge is 2.15. The Bertz CT molecular complexity index is 538. The van der Waals surface area contributed by atoms with Crippen molar-refractivity contribution in [1.29, 1.82) is 0 Å². The molecule has 1 rings (SSSR count). The van der Waals surface area contributed by atoms with Crippen molar-refractivity contribution in [2.45, 2.75) is 34.1 Å². The molecule has 1 aromatic carbocycles. The lowest BCUT2D eigenvalue weighted by atomic mass is 10.0. The summed E-state index contributed by atoms with van der Waals surface area (Å²) in [6.45, 7) is 9.70. The molecule has 21 heavy (non-hydrogen) atoms. The maximum Gasteiger partial charge on any atom is 0.253 e. The van der Waals surface area contributed by atoms with Gasteiger partial charge in [0.05, 0.1) is 6.61 Å². The van der Waals surface area contributed by atoms with Gasteiger partial charge in [-0.2, -0.15) is 0 Å². The van der Waals surface area contributed by atoms with Crippen LogP contribution in [0.2, 0.25) is 0 Å². The van der Waals surface area contributed by atoms with E-state index in [1.807, 2.05) is 36.9 Å². The monoisotopic (exact) mass is 287 g/mol. The number of nitrogens with zero attached hydrogens (tertiary/aromatic N) is 1. The van der Waals surface area contributed by atoms with E-state index < -0.39 is 0 Å². The average molecular weight is 287 g/mol. The molecule has 1 N–H and O–H groups in total. The molecule has 0 fully saturated rings. The normalized spacial score (nSPS) is 10.2. The lowest BCUT2D eigenvalue weighted by Gasteiger charge is -2.23. The first-order chi connectivity index (χ1) is 9.97. The molecule has 0 aliphatic rings. The van der Waals surface area contributed by atoms with Gasteiger partial charge < -0.3 is 10.0 Å². The number of carbonyl (C=O) groups excluding carboxylic acids is 1. The number of rotatable bonds is 5. The van der Waals surface area contributed by atoms with E-state index in [0.29, 0.717) is 24.4 Å². The second-order valence-electron chi connectivity index (χ2n) is 5.60. The van der Waals surface area contributed by atoms with Crippen LogP contribution in [0, 0.1) is 24.7 Å². The van der Waals surface area contributed by atoms with Gasteiger partial charge in [0.25, 0.3) is 5.91 Å². The number of hydrogen-bond acceptors (Lipinski definition) is 2. The first-order valence-corrected chi connectivity index (χ1v) is 7.48. The molecule has 1 amide bonds. The van der Waals surface area contributed by atoms with E-state index in [0.717, 1.165) is 17.7 Å². The van der Waals surface area contributed by atoms with Crippen LogP contribution in [0.25, 0.3) is 0 Å². The summed E-state index contributed by atoms with van der Waals surface area (Å²) < 4.78 is 0. The number of aryl methyl sites for hydroxylation is 1. The van der Waals surface area contributed by atoms with Gasteiger partial charge in [-0.15, -0.1) is 0 Å². The number of benzene rings is 1. The van der Waals surface area contributed by atoms with E-state index >= 15 is 0 Å². The molecule has 0 bridgehead atoms. The molecule has 0 atom stereocenters. The van der Waals surface area contributed by atoms with Crippen molar-refractivity contribution < 1.29 is 9.90 Å². The van der Waals surface area contributed by atoms with E-state index in [1.54, 1.807) is 0 Å². The summed E-state index contributed by atoms with van der Waals surface area (Å²) >= 11 is 0. The van der Waals surface area contributed by atoms with Crippen LogP contribution >= 0.6 is 0 Å². The summed E-state index contributed by atoms with van der Waals surface area (Å²) in [6.07, 6.45) is 0.450. The molecule has 0 unspecified atom stereocenters. The summed E-state index contributed by atoms with van der Waals surface area (Å²) in [7, 11) is 0. The van der Waals surface area contributed by atoms with Crippen LogP contribution in [0.15, 0.2) is 18.2 Å². The van der Waals surface area contributed by atoms with Gasteiger partial charge in [-0.05, 0) is 43.5 Å². The van der Waals surface area contributed by atoms with Gasteiger partial charge in [0.15, 0.2) is 0 Å². The molecule has 114 valence electrons. The predicted molar refractivity (Wildman–Crippen MR) is 86.2 cm³/mol. The maximum absolute atomic E-state index is 12.6. The van der Waals surface area contributed by atoms with E-state index in [1.165, 1.54) is 0 Å². The second kappa shape index (κ2) is 8.49. The second-order valence-corrected chi connectivity index (χ2v) is 5.60. The first-order valence-electron chi connectivity index (χ1n) is 7.48. The zero-order valence-electron chi connectivity index (χ0n) is 13.4. The Hall–Kier alpha value is -1.79. The Morgan fingerprint density at radius 3 is 2.62 bits per heavy atom. The van der Waals surface area contributed by atoms with Gasteiger partial charge in [-0.25, -0.2) is 0 Å². The summed E-state index contributed by atoms with van der Waals surface area (Å²) in [4.78, 5) is 14.4. The largest absolute Gasteiger partial charge is 0.395 e. The minimum Gasteiger partial charge on any atom is -0.395 e. The fourth-order valence-electron chi connectivity index (χ4n) is 2.18. The fraction of sp³-hybridized carbons (Fsp3) is 0.500. The Labute approximate surface area is 128 Å². The third-order valence-corrected chi connectivity index (χ3v) is 3.05. The molecule has 1 aromatic rings. The molecule has 0 aromatic heterocycles. The van der Waals surface area contributed by atoms with Crippen molar-refractivity contribution in [1.82, 2.24) is 4.90 Å². The van der Waals surface area contributed by atoms with Crippen molar-refractivity contribution in [3.63, 3.8) is 0 Å². The van der Waals surface area contributed by atoms with Gasteiger partial charge in [0.2, 0.25) is 0 Å². The number of carbonyl (C=O) groups is 1. The number of hydrogen-bond donors (Lipinski definition) is 1. The topological polar surface area (TPSA) is 40.5 Å². The standard InChI is InChI=1S/C18H25NO2/c1-5-19(13-14(2)3)18(21)17-11-15(4)10-16(12-17)8-6-7-9-20/h10-12,14,20H,5,7,9,13H2,1-4H3. The molecule has 0 aliphatic carbocycles. The molecular weight excluding hydrogens is 262 g/mol. The number of amides is 1. The van der Waals surface area contributed by atoms with Crippen molar-refractivity contribution in [2.24, 2.45) is 5.92 Å². The average Bonchev–Trinajstić information content (AvgIpc) is 2.43. The predicted octanol–water partition coefficient (Wildman–Crippen LogP) is 2.85. The fourth-order valence-corrected chi connectivity index (χ4v) is 2.18. The van der Waals surface area contributed by atoms with Crippen LogP contribution in [0.5, 0.6) is 0 Å². The maximum atomic E-state index is 12.6. The van der Waals surface area contributed by atoms with E-state index in [9.17, 15) is 4.79 Å². The Morgan fingerprint density at radius 1 is 1.33 bits per heavy atom. The molecule has 0 saturated carbocycles. The third-order valence-electron chi connectivity index (χ3n) is 3.05. The highest BCUT2D eigenvalue weighted by Crippen LogP contribution is 2.13. The van der Waals surface area contributed by atoms with Gasteiger partial charge in [-0.1, -0.05) is 25.7 Å². The van der Waals surface area contributed by atoms with Crippen molar-refractivity contribution in [3.05, 3.63) is 34.9 Å². The van der Waals surface area contributed by atoms with Gasteiger partial charge in [0, 0.05) is 30.6 Å². The molecule has 0 saturated heterocycles. The van der Waals surface area contributed by atoms with Crippen LogP contribution in [-0.4, -0.2) is 35.6 Å². The SMILES string of the molecule is CCN(CC(C)C)C(=O)c1cc(C)cc(C#CCCO)c1. The Balaban J connectivity index is 3.01. The lowest BCUT2D eigenvalue weighted by Crippen LogP contribution is -2.34. The summed E-state index contributed by atoms with van der Waals surface area (Å²) in [5, 5.41) is 8.77. The molecule has 0 aliphatic heterocycles. The summed E-state index contributed by atoms with van der Waals surface area (Å²) in [5.74, 6) is 6.40. The van der Waals surface area contributed by atoms with Crippen LogP contribution in [0.3, 0.4) is 0 Å². The zero-order valence-corrected chi connectivity index (χ0v) is 13.4. The summed E-state index contributed by atoms with van der Waals surface area (Å²) in [5.41, 5.74) is 2.54. The highest BCUT2D eigenvalue weighted by atomic mass is 16.2. The number of aliphatic hydroxyl groups is 1. The first kappa shape index (κ1) is 17.3.